The zero-order valence-corrected chi connectivity index (χ0v) is 14.2. The summed E-state index contributed by atoms with van der Waals surface area (Å²) in [4.78, 5) is 24.9. The van der Waals surface area contributed by atoms with Crippen LogP contribution in [0.5, 0.6) is 0 Å². The molecule has 0 bridgehead atoms. The first-order valence-electron chi connectivity index (χ1n) is 7.92. The zero-order valence-electron chi connectivity index (χ0n) is 13.4. The van der Waals surface area contributed by atoms with Gasteiger partial charge in [-0.3, -0.25) is 14.5 Å². The van der Waals surface area contributed by atoms with Crippen molar-refractivity contribution in [3.63, 3.8) is 0 Å². The Hall–Kier alpha value is -1.80. The summed E-state index contributed by atoms with van der Waals surface area (Å²) in [6.45, 7) is 1.99. The maximum Gasteiger partial charge on any atom is 0.243 e. The van der Waals surface area contributed by atoms with Crippen LogP contribution >= 0.6 is 0 Å². The van der Waals surface area contributed by atoms with Crippen molar-refractivity contribution in [3.8, 4) is 0 Å². The van der Waals surface area contributed by atoms with Gasteiger partial charge in [0.05, 0.1) is 4.90 Å². The van der Waals surface area contributed by atoms with Gasteiger partial charge < -0.3 is 0 Å². The number of nitrogens with zero attached hydrogens (tertiary/aromatic N) is 2. The minimum atomic E-state index is -3.70. The zero-order chi connectivity index (χ0) is 17.5. The van der Waals surface area contributed by atoms with Gasteiger partial charge in [0.25, 0.3) is 0 Å². The molecular formula is C16H19FN2O4S. The molecule has 6 nitrogen and oxygen atoms in total. The van der Waals surface area contributed by atoms with Gasteiger partial charge in [-0.15, -0.1) is 0 Å². The number of benzene rings is 1. The van der Waals surface area contributed by atoms with Gasteiger partial charge in [0, 0.05) is 32.0 Å². The van der Waals surface area contributed by atoms with Crippen LogP contribution in [0.2, 0.25) is 0 Å². The van der Waals surface area contributed by atoms with Crippen LogP contribution in [0.1, 0.15) is 31.2 Å². The third kappa shape index (κ3) is 2.95. The third-order valence-corrected chi connectivity index (χ3v) is 6.54. The largest absolute Gasteiger partial charge is 0.279 e. The van der Waals surface area contributed by atoms with E-state index in [0.717, 1.165) is 6.07 Å². The second kappa shape index (κ2) is 6.25. The monoisotopic (exact) mass is 354 g/mol. The Balaban J connectivity index is 1.72. The summed E-state index contributed by atoms with van der Waals surface area (Å²) in [7, 11) is -3.70. The molecule has 130 valence electrons. The van der Waals surface area contributed by atoms with Gasteiger partial charge in [-0.1, -0.05) is 0 Å². The van der Waals surface area contributed by atoms with Crippen LogP contribution in [0.3, 0.4) is 0 Å². The highest BCUT2D eigenvalue weighted by atomic mass is 32.2. The molecule has 0 aromatic heterocycles. The number of carbonyl (C=O) groups excluding carboxylic acids is 2. The van der Waals surface area contributed by atoms with Crippen LogP contribution in [-0.2, 0) is 19.6 Å². The summed E-state index contributed by atoms with van der Waals surface area (Å²) in [6.07, 6.45) is 1.34. The molecule has 0 unspecified atom stereocenters. The van der Waals surface area contributed by atoms with Gasteiger partial charge in [0.1, 0.15) is 5.82 Å². The highest BCUT2D eigenvalue weighted by molar-refractivity contribution is 7.89. The molecular weight excluding hydrogens is 335 g/mol. The lowest BCUT2D eigenvalue weighted by Gasteiger charge is -2.35. The predicted molar refractivity (Wildman–Crippen MR) is 84.0 cm³/mol. The first-order valence-corrected chi connectivity index (χ1v) is 9.36. The summed E-state index contributed by atoms with van der Waals surface area (Å²) in [6, 6.07) is 3.51. The Kier molecular flexibility index (Phi) is 4.44. The van der Waals surface area contributed by atoms with E-state index in [-0.39, 0.29) is 54.2 Å². The Bertz CT molecular complexity index is 769. The second-order valence-electron chi connectivity index (χ2n) is 6.20. The van der Waals surface area contributed by atoms with Crippen LogP contribution in [0.4, 0.5) is 4.39 Å². The Morgan fingerprint density at radius 3 is 2.21 bits per heavy atom. The third-order valence-electron chi connectivity index (χ3n) is 4.65. The normalized spacial score (nSPS) is 20.8. The van der Waals surface area contributed by atoms with Crippen LogP contribution in [0.25, 0.3) is 0 Å². The fourth-order valence-electron chi connectivity index (χ4n) is 3.27. The minimum absolute atomic E-state index is 0.0631. The standard InChI is InChI=1S/C16H19FN2O4S/c1-11-10-13(2-3-14(11)17)24(22,23)18-8-6-12(7-9-18)19-15(20)4-5-16(19)21/h2-3,10,12H,4-9H2,1H3. The maximum atomic E-state index is 13.3. The summed E-state index contributed by atoms with van der Waals surface area (Å²) >= 11 is 0. The number of hydrogen-bond donors (Lipinski definition) is 0. The first-order chi connectivity index (χ1) is 11.3. The highest BCUT2D eigenvalue weighted by Crippen LogP contribution is 2.27. The molecule has 0 saturated carbocycles. The number of halogens is 1. The molecule has 24 heavy (non-hydrogen) atoms. The lowest BCUT2D eigenvalue weighted by Crippen LogP contribution is -2.48. The SMILES string of the molecule is Cc1cc(S(=O)(=O)N2CCC(N3C(=O)CCC3=O)CC2)ccc1F. The molecule has 0 radical (unpaired) electrons. The van der Waals surface area contributed by atoms with Crippen molar-refractivity contribution in [3.05, 3.63) is 29.6 Å². The maximum absolute atomic E-state index is 13.3. The number of carbonyl (C=O) groups is 2. The quantitative estimate of drug-likeness (QED) is 0.770. The van der Waals surface area contributed by atoms with E-state index in [4.69, 9.17) is 0 Å². The van der Waals surface area contributed by atoms with Crippen LogP contribution in [0, 0.1) is 12.7 Å². The van der Waals surface area contributed by atoms with E-state index in [2.05, 4.69) is 0 Å². The molecule has 2 heterocycles. The van der Waals surface area contributed by atoms with Crippen molar-refractivity contribution in [1.29, 1.82) is 0 Å². The Labute approximate surface area is 140 Å². The summed E-state index contributed by atoms with van der Waals surface area (Å²) in [5.41, 5.74) is 0.277. The van der Waals surface area contributed by atoms with Gasteiger partial charge in [0.15, 0.2) is 0 Å². The van der Waals surface area contributed by atoms with E-state index in [0.29, 0.717) is 12.8 Å². The predicted octanol–water partition coefficient (Wildman–Crippen LogP) is 1.44. The van der Waals surface area contributed by atoms with Gasteiger partial charge in [-0.25, -0.2) is 12.8 Å². The van der Waals surface area contributed by atoms with Crippen LogP contribution in [0.15, 0.2) is 23.1 Å². The lowest BCUT2D eigenvalue weighted by atomic mass is 10.1. The highest BCUT2D eigenvalue weighted by Gasteiger charge is 2.38. The van der Waals surface area contributed by atoms with Gasteiger partial charge >= 0.3 is 0 Å². The molecule has 8 heteroatoms. The molecule has 0 atom stereocenters. The number of rotatable bonds is 3. The second-order valence-corrected chi connectivity index (χ2v) is 8.14. The molecule has 0 N–H and O–H groups in total. The fourth-order valence-corrected chi connectivity index (χ4v) is 4.82. The number of aryl methyl sites for hydroxylation is 1. The van der Waals surface area contributed by atoms with Gasteiger partial charge in [-0.05, 0) is 43.5 Å². The molecule has 2 amide bonds. The van der Waals surface area contributed by atoms with Crippen molar-refractivity contribution in [2.45, 2.75) is 43.5 Å². The number of imide groups is 1. The van der Waals surface area contributed by atoms with Crippen LogP contribution < -0.4 is 0 Å². The number of amides is 2. The molecule has 1 aromatic rings. The number of likely N-dealkylation sites (tertiary alicyclic amines) is 1. The molecule has 0 spiro atoms. The molecule has 2 aliphatic heterocycles. The molecule has 3 rings (SSSR count). The molecule has 0 aliphatic carbocycles. The van der Waals surface area contributed by atoms with E-state index in [9.17, 15) is 22.4 Å². The Morgan fingerprint density at radius 1 is 1.08 bits per heavy atom. The average Bonchev–Trinajstić information content (AvgIpc) is 2.89. The average molecular weight is 354 g/mol. The van der Waals surface area contributed by atoms with Gasteiger partial charge in [-0.2, -0.15) is 4.31 Å². The van der Waals surface area contributed by atoms with E-state index in [1.807, 2.05) is 0 Å². The number of piperidine rings is 1. The number of hydrogen-bond acceptors (Lipinski definition) is 4. The van der Waals surface area contributed by atoms with Crippen molar-refractivity contribution >= 4 is 21.8 Å². The lowest BCUT2D eigenvalue weighted by molar-refractivity contribution is -0.141. The van der Waals surface area contributed by atoms with Gasteiger partial charge in [0.2, 0.25) is 21.8 Å². The van der Waals surface area contributed by atoms with E-state index >= 15 is 0 Å². The van der Waals surface area contributed by atoms with Crippen molar-refractivity contribution in [2.75, 3.05) is 13.1 Å². The Morgan fingerprint density at radius 2 is 1.67 bits per heavy atom. The molecule has 1 aromatic carbocycles. The van der Waals surface area contributed by atoms with Crippen molar-refractivity contribution in [2.24, 2.45) is 0 Å². The van der Waals surface area contributed by atoms with E-state index in [1.165, 1.54) is 28.3 Å². The molecule has 2 fully saturated rings. The molecule has 2 aliphatic rings. The fraction of sp³-hybridized carbons (Fsp3) is 0.500. The first kappa shape index (κ1) is 17.0. The molecule has 2 saturated heterocycles. The topological polar surface area (TPSA) is 74.8 Å². The van der Waals surface area contributed by atoms with E-state index in [1.54, 1.807) is 0 Å². The summed E-state index contributed by atoms with van der Waals surface area (Å²) in [5.74, 6) is -0.787. The summed E-state index contributed by atoms with van der Waals surface area (Å²) < 4.78 is 40.0. The minimum Gasteiger partial charge on any atom is -0.279 e. The van der Waals surface area contributed by atoms with Crippen molar-refractivity contribution in [1.82, 2.24) is 9.21 Å². The summed E-state index contributed by atoms with van der Waals surface area (Å²) in [5, 5.41) is 0. The van der Waals surface area contributed by atoms with E-state index < -0.39 is 15.8 Å². The van der Waals surface area contributed by atoms with Crippen molar-refractivity contribution < 1.29 is 22.4 Å². The smallest absolute Gasteiger partial charge is 0.243 e. The van der Waals surface area contributed by atoms with Crippen LogP contribution in [-0.4, -0.2) is 48.6 Å². The number of sulfonamides is 1.